The van der Waals surface area contributed by atoms with Crippen LogP contribution in [0.25, 0.3) is 0 Å². The number of nitrogens with one attached hydrogen (secondary N) is 2. The van der Waals surface area contributed by atoms with E-state index in [1.165, 1.54) is 18.2 Å². The van der Waals surface area contributed by atoms with Crippen molar-refractivity contribution < 1.29 is 33.9 Å². The van der Waals surface area contributed by atoms with Crippen LogP contribution in [0.5, 0.6) is 0 Å². The number of halogens is 1. The van der Waals surface area contributed by atoms with Crippen LogP contribution in [0.2, 0.25) is 5.02 Å². The quantitative estimate of drug-likeness (QED) is 0.295. The van der Waals surface area contributed by atoms with Gasteiger partial charge in [0.1, 0.15) is 12.3 Å². The van der Waals surface area contributed by atoms with Gasteiger partial charge in [-0.3, -0.25) is 24.6 Å². The monoisotopic (exact) mass is 494 g/mol. The minimum absolute atomic E-state index is 0.116. The van der Waals surface area contributed by atoms with Crippen LogP contribution >= 0.6 is 11.6 Å². The molecule has 2 aliphatic heterocycles. The number of urea groups is 1. The lowest BCUT2D eigenvalue weighted by Crippen LogP contribution is -2.64. The molecule has 2 heterocycles. The van der Waals surface area contributed by atoms with Gasteiger partial charge >= 0.3 is 12.0 Å². The van der Waals surface area contributed by atoms with Gasteiger partial charge in [-0.15, -0.1) is 0 Å². The smallest absolute Gasteiger partial charge is 0.358 e. The standard InChI is InChI=1S/C20H23ClN6O7/c21-13-8-11(3-4-14(13)22)18(32)24-25-7-5-16(29)26-6-1-2-15(27(26)20(25)34)19(33)23-12(10-28)9-17(30)31/h3-4,8,10,12,15H,1-2,5-7,9,22H2,(H,23,33)(H,24,32)(H,30,31)/t12-,15-/m0/s1. The number of nitrogen functional groups attached to an aromatic ring is 1. The third-order valence-corrected chi connectivity index (χ3v) is 5.68. The summed E-state index contributed by atoms with van der Waals surface area (Å²) in [6.07, 6.45) is 0.0937. The maximum atomic E-state index is 13.3. The van der Waals surface area contributed by atoms with Crippen LogP contribution in [0.15, 0.2) is 18.2 Å². The van der Waals surface area contributed by atoms with Gasteiger partial charge in [0.05, 0.1) is 29.7 Å². The second-order valence-corrected chi connectivity index (χ2v) is 8.14. The van der Waals surface area contributed by atoms with Crippen molar-refractivity contribution in [2.24, 2.45) is 0 Å². The molecule has 0 bridgehead atoms. The lowest BCUT2D eigenvalue weighted by molar-refractivity contribution is -0.155. The number of rotatable bonds is 7. The summed E-state index contributed by atoms with van der Waals surface area (Å²) in [4.78, 5) is 73.6. The highest BCUT2D eigenvalue weighted by Gasteiger charge is 2.44. The molecule has 0 radical (unpaired) electrons. The van der Waals surface area contributed by atoms with E-state index in [1.807, 2.05) is 0 Å². The molecule has 13 nitrogen and oxygen atoms in total. The molecule has 14 heteroatoms. The van der Waals surface area contributed by atoms with E-state index < -0.39 is 48.2 Å². The van der Waals surface area contributed by atoms with E-state index >= 15 is 0 Å². The number of nitrogens with zero attached hydrogens (tertiary/aromatic N) is 3. The SMILES string of the molecule is Nc1ccc(C(=O)NN2CCC(=O)N3CCC[C@@H](C(=O)N[C@H](C=O)CC(=O)O)N3C2=O)cc1Cl. The van der Waals surface area contributed by atoms with Crippen LogP contribution in [0.3, 0.4) is 0 Å². The molecule has 0 unspecified atom stereocenters. The van der Waals surface area contributed by atoms with Crippen molar-refractivity contribution in [3.05, 3.63) is 28.8 Å². The van der Waals surface area contributed by atoms with Crippen molar-refractivity contribution in [2.75, 3.05) is 18.8 Å². The van der Waals surface area contributed by atoms with E-state index in [4.69, 9.17) is 22.4 Å². The lowest BCUT2D eigenvalue weighted by Gasteiger charge is -2.42. The number of fused-ring (bicyclic) bond motifs is 1. The zero-order chi connectivity index (χ0) is 25.0. The molecule has 2 fully saturated rings. The maximum absolute atomic E-state index is 13.3. The number of hydrogen-bond donors (Lipinski definition) is 4. The first kappa shape index (κ1) is 24.8. The topological polar surface area (TPSA) is 182 Å². The van der Waals surface area contributed by atoms with Crippen molar-refractivity contribution in [2.45, 2.75) is 37.8 Å². The number of hydrogen-bond acceptors (Lipinski definition) is 7. The van der Waals surface area contributed by atoms with Crippen molar-refractivity contribution >= 4 is 53.3 Å². The van der Waals surface area contributed by atoms with Crippen LogP contribution in [0.4, 0.5) is 10.5 Å². The summed E-state index contributed by atoms with van der Waals surface area (Å²) in [5.41, 5.74) is 8.46. The molecule has 5 amide bonds. The molecule has 0 saturated carbocycles. The highest BCUT2D eigenvalue weighted by molar-refractivity contribution is 6.33. The average molecular weight is 495 g/mol. The number of aldehydes is 1. The lowest BCUT2D eigenvalue weighted by atomic mass is 10.1. The molecular weight excluding hydrogens is 472 g/mol. The van der Waals surface area contributed by atoms with Crippen LogP contribution in [-0.2, 0) is 19.2 Å². The van der Waals surface area contributed by atoms with Gasteiger partial charge in [-0.2, -0.15) is 0 Å². The summed E-state index contributed by atoms with van der Waals surface area (Å²) in [5.74, 6) is -3.20. The normalized spacial score (nSPS) is 19.1. The van der Waals surface area contributed by atoms with E-state index in [0.29, 0.717) is 6.42 Å². The van der Waals surface area contributed by atoms with Crippen molar-refractivity contribution in [1.29, 1.82) is 0 Å². The molecule has 5 N–H and O–H groups in total. The summed E-state index contributed by atoms with van der Waals surface area (Å²) in [7, 11) is 0. The first-order valence-electron chi connectivity index (χ1n) is 10.4. The Morgan fingerprint density at radius 2 is 2.00 bits per heavy atom. The number of aliphatic carboxylic acids is 1. The molecule has 1 aromatic carbocycles. The van der Waals surface area contributed by atoms with Crippen molar-refractivity contribution in [1.82, 2.24) is 25.8 Å². The van der Waals surface area contributed by atoms with Gasteiger partial charge in [0.2, 0.25) is 11.8 Å². The molecule has 0 aliphatic carbocycles. The highest BCUT2D eigenvalue weighted by atomic mass is 35.5. The van der Waals surface area contributed by atoms with Crippen molar-refractivity contribution in [3.63, 3.8) is 0 Å². The predicted octanol–water partition coefficient (Wildman–Crippen LogP) is -0.241. The Balaban J connectivity index is 1.82. The third-order valence-electron chi connectivity index (χ3n) is 5.36. The van der Waals surface area contributed by atoms with Gasteiger partial charge in [-0.05, 0) is 31.0 Å². The largest absolute Gasteiger partial charge is 0.481 e. The minimum atomic E-state index is -1.30. The van der Waals surface area contributed by atoms with E-state index in [0.717, 1.165) is 15.0 Å². The van der Waals surface area contributed by atoms with Gasteiger partial charge in [0, 0.05) is 18.5 Å². The predicted molar refractivity (Wildman–Crippen MR) is 117 cm³/mol. The van der Waals surface area contributed by atoms with Gasteiger partial charge in [-0.25, -0.2) is 19.8 Å². The second-order valence-electron chi connectivity index (χ2n) is 7.73. The summed E-state index contributed by atoms with van der Waals surface area (Å²) in [5, 5.41) is 14.3. The molecule has 0 aromatic heterocycles. The first-order chi connectivity index (χ1) is 16.1. The van der Waals surface area contributed by atoms with E-state index in [-0.39, 0.29) is 48.5 Å². The second kappa shape index (κ2) is 10.4. The number of benzene rings is 1. The Morgan fingerprint density at radius 1 is 1.26 bits per heavy atom. The number of carbonyl (C=O) groups excluding carboxylic acids is 5. The number of carboxylic acid groups (broad SMARTS) is 1. The Bertz CT molecular complexity index is 1030. The number of amides is 5. The van der Waals surface area contributed by atoms with E-state index in [9.17, 15) is 28.8 Å². The summed E-state index contributed by atoms with van der Waals surface area (Å²) >= 11 is 5.95. The minimum Gasteiger partial charge on any atom is -0.481 e. The summed E-state index contributed by atoms with van der Waals surface area (Å²) in [6, 6.07) is 0.842. The average Bonchev–Trinajstić information content (AvgIpc) is 2.92. The van der Waals surface area contributed by atoms with Crippen LogP contribution < -0.4 is 16.5 Å². The number of carboxylic acids is 1. The Morgan fingerprint density at radius 3 is 2.65 bits per heavy atom. The fourth-order valence-corrected chi connectivity index (χ4v) is 3.85. The molecule has 34 heavy (non-hydrogen) atoms. The molecular formula is C20H23ClN6O7. The van der Waals surface area contributed by atoms with Crippen LogP contribution in [0.1, 0.15) is 36.0 Å². The molecule has 0 spiro atoms. The third kappa shape index (κ3) is 5.36. The molecule has 182 valence electrons. The number of anilines is 1. The van der Waals surface area contributed by atoms with Gasteiger partial charge < -0.3 is 21.0 Å². The highest BCUT2D eigenvalue weighted by Crippen LogP contribution is 2.24. The summed E-state index contributed by atoms with van der Waals surface area (Å²) in [6.45, 7) is 0.0272. The Hall–Kier alpha value is -3.87. The fourth-order valence-electron chi connectivity index (χ4n) is 3.67. The maximum Gasteiger partial charge on any atom is 0.358 e. The molecule has 3 rings (SSSR count). The Labute approximate surface area is 198 Å². The van der Waals surface area contributed by atoms with Gasteiger partial charge in [-0.1, -0.05) is 11.6 Å². The molecule has 1 aromatic rings. The van der Waals surface area contributed by atoms with E-state index in [2.05, 4.69) is 10.7 Å². The van der Waals surface area contributed by atoms with Crippen LogP contribution in [0, 0.1) is 0 Å². The number of nitrogens with two attached hydrogens (primary N) is 1. The number of carbonyl (C=O) groups is 6. The number of hydrazine groups is 2. The zero-order valence-corrected chi connectivity index (χ0v) is 18.7. The van der Waals surface area contributed by atoms with Gasteiger partial charge in [0.25, 0.3) is 5.91 Å². The van der Waals surface area contributed by atoms with E-state index in [1.54, 1.807) is 0 Å². The first-order valence-corrected chi connectivity index (χ1v) is 10.7. The fraction of sp³-hybridized carbons (Fsp3) is 0.400. The Kier molecular flexibility index (Phi) is 7.56. The van der Waals surface area contributed by atoms with Gasteiger partial charge in [0.15, 0.2) is 0 Å². The van der Waals surface area contributed by atoms with Crippen molar-refractivity contribution in [3.8, 4) is 0 Å². The molecule has 2 atom stereocenters. The molecule has 2 aliphatic rings. The summed E-state index contributed by atoms with van der Waals surface area (Å²) < 4.78 is 0. The zero-order valence-electron chi connectivity index (χ0n) is 17.9. The van der Waals surface area contributed by atoms with Crippen LogP contribution in [-0.4, -0.2) is 81.3 Å². The molecule has 2 saturated heterocycles.